The van der Waals surface area contributed by atoms with Gasteiger partial charge in [-0.05, 0) is 36.4 Å². The lowest BCUT2D eigenvalue weighted by Crippen LogP contribution is -2.16. The van der Waals surface area contributed by atoms with Gasteiger partial charge in [0.25, 0.3) is 0 Å². The van der Waals surface area contributed by atoms with Crippen molar-refractivity contribution in [3.05, 3.63) is 60.6 Å². The van der Waals surface area contributed by atoms with Crippen LogP contribution in [0, 0.1) is 0 Å². The molecule has 0 aliphatic carbocycles. The average molecular weight is 516 g/mol. The van der Waals surface area contributed by atoms with E-state index in [0.717, 1.165) is 28.9 Å². The molecule has 35 heavy (non-hydrogen) atoms. The second kappa shape index (κ2) is 8.52. The number of rotatable bonds is 5. The molecule has 184 valence electrons. The van der Waals surface area contributed by atoms with Crippen molar-refractivity contribution in [1.29, 1.82) is 0 Å². The number of pyridine rings is 1. The van der Waals surface area contributed by atoms with Crippen LogP contribution in [-0.2, 0) is 16.0 Å². The van der Waals surface area contributed by atoms with Crippen LogP contribution in [-0.4, -0.2) is 40.1 Å². The fraction of sp³-hybridized carbons (Fsp3) is 0.190. The molecule has 0 N–H and O–H groups in total. The number of sulfone groups is 1. The number of hydrogen-bond acceptors (Lipinski definition) is 6. The molecule has 0 aliphatic heterocycles. The first-order valence-corrected chi connectivity index (χ1v) is 11.4. The van der Waals surface area contributed by atoms with Gasteiger partial charge in [0, 0.05) is 29.6 Å². The zero-order chi connectivity index (χ0) is 25.6. The van der Waals surface area contributed by atoms with E-state index in [9.17, 15) is 34.8 Å². The Morgan fingerprint density at radius 1 is 0.971 bits per heavy atom. The van der Waals surface area contributed by atoms with E-state index in [2.05, 4.69) is 19.8 Å². The third-order valence-electron chi connectivity index (χ3n) is 4.83. The highest BCUT2D eigenvalue weighted by atomic mass is 32.2. The first-order valence-electron chi connectivity index (χ1n) is 9.80. The molecule has 0 saturated heterocycles. The predicted molar refractivity (Wildman–Crippen MR) is 111 cm³/mol. The molecule has 0 radical (unpaired) electrons. The number of hydrogen-bond donors (Lipinski definition) is 0. The van der Waals surface area contributed by atoms with Crippen LogP contribution in [0.25, 0.3) is 28.2 Å². The lowest BCUT2D eigenvalue weighted by Gasteiger charge is -2.12. The highest BCUT2D eigenvalue weighted by molar-refractivity contribution is 7.91. The van der Waals surface area contributed by atoms with E-state index in [1.165, 1.54) is 37.4 Å². The topological polar surface area (TPSA) is 86.5 Å². The molecule has 4 aromatic rings. The Kier molecular flexibility index (Phi) is 5.95. The smallest absolute Gasteiger partial charge is 0.406 e. The molecule has 0 spiro atoms. The van der Waals surface area contributed by atoms with Crippen LogP contribution in [0.5, 0.6) is 5.75 Å². The molecule has 0 amide bonds. The summed E-state index contributed by atoms with van der Waals surface area (Å²) >= 11 is 0. The second-order valence-electron chi connectivity index (χ2n) is 7.19. The Labute approximate surface area is 193 Å². The van der Waals surface area contributed by atoms with Crippen LogP contribution >= 0.6 is 0 Å². The van der Waals surface area contributed by atoms with Crippen LogP contribution in [0.4, 0.5) is 26.3 Å². The maximum atomic E-state index is 13.0. The third kappa shape index (κ3) is 5.21. The predicted octanol–water partition coefficient (Wildman–Crippen LogP) is 5.17. The van der Waals surface area contributed by atoms with Crippen molar-refractivity contribution in [2.45, 2.75) is 24.4 Å². The lowest BCUT2D eigenvalue weighted by molar-refractivity contribution is -0.274. The monoisotopic (exact) mass is 516 g/mol. The number of fused-ring (bicyclic) bond motifs is 1. The van der Waals surface area contributed by atoms with Gasteiger partial charge in [-0.1, -0.05) is 6.92 Å². The number of nitrogens with zero attached hydrogens (tertiary/aromatic N) is 4. The van der Waals surface area contributed by atoms with Gasteiger partial charge >= 0.3 is 12.5 Å². The van der Waals surface area contributed by atoms with E-state index in [0.29, 0.717) is 5.56 Å². The van der Waals surface area contributed by atoms with Gasteiger partial charge < -0.3 is 4.74 Å². The Balaban J connectivity index is 1.83. The first kappa shape index (κ1) is 24.4. The van der Waals surface area contributed by atoms with E-state index in [1.54, 1.807) is 0 Å². The molecule has 14 heteroatoms. The summed E-state index contributed by atoms with van der Waals surface area (Å²) in [6.07, 6.45) is -7.24. The van der Waals surface area contributed by atoms with Crippen molar-refractivity contribution >= 4 is 15.5 Å². The number of benzene rings is 1. The van der Waals surface area contributed by atoms with E-state index >= 15 is 0 Å². The number of aromatic nitrogens is 4. The molecule has 0 unspecified atom stereocenters. The molecule has 4 rings (SSSR count). The number of halogens is 6. The summed E-state index contributed by atoms with van der Waals surface area (Å²) in [5.41, 5.74) is -0.777. The van der Waals surface area contributed by atoms with Gasteiger partial charge in [-0.15, -0.1) is 13.2 Å². The molecule has 0 atom stereocenters. The van der Waals surface area contributed by atoms with E-state index < -0.39 is 33.8 Å². The highest BCUT2D eigenvalue weighted by Gasteiger charge is 2.34. The molecule has 7 nitrogen and oxygen atoms in total. The summed E-state index contributed by atoms with van der Waals surface area (Å²) < 4.78 is 106. The zero-order valence-corrected chi connectivity index (χ0v) is 18.4. The van der Waals surface area contributed by atoms with Crippen molar-refractivity contribution < 1.29 is 39.5 Å². The molecule has 1 aromatic carbocycles. The summed E-state index contributed by atoms with van der Waals surface area (Å²) in [5.74, 6) is -0.736. The van der Waals surface area contributed by atoms with E-state index in [4.69, 9.17) is 0 Å². The highest BCUT2D eigenvalue weighted by Crippen LogP contribution is 2.32. The molecular formula is C21H14F6N4O3S. The van der Waals surface area contributed by atoms with Crippen LogP contribution in [0.1, 0.15) is 12.6 Å². The summed E-state index contributed by atoms with van der Waals surface area (Å²) in [7, 11) is -3.82. The van der Waals surface area contributed by atoms with Crippen molar-refractivity contribution in [3.8, 4) is 28.3 Å². The normalized spacial score (nSPS) is 12.8. The zero-order valence-electron chi connectivity index (χ0n) is 17.6. The van der Waals surface area contributed by atoms with Gasteiger partial charge in [-0.2, -0.15) is 18.3 Å². The Hall–Kier alpha value is -3.68. The quantitative estimate of drug-likeness (QED) is 0.340. The van der Waals surface area contributed by atoms with Crippen LogP contribution in [0.2, 0.25) is 0 Å². The third-order valence-corrected chi connectivity index (χ3v) is 6.59. The maximum absolute atomic E-state index is 13.0. The fourth-order valence-electron chi connectivity index (χ4n) is 3.19. The Morgan fingerprint density at radius 2 is 1.66 bits per heavy atom. The van der Waals surface area contributed by atoms with Crippen molar-refractivity contribution in [2.24, 2.45) is 0 Å². The summed E-state index contributed by atoms with van der Waals surface area (Å²) in [6.45, 7) is 1.41. The SMILES string of the molecule is CCS(=O)(=O)c1ccc(-c2ccc(OC(F)(F)F)cc2)nc1-c1cnc2cc(C(F)(F)F)nn2c1. The minimum Gasteiger partial charge on any atom is -0.406 e. The van der Waals surface area contributed by atoms with Crippen LogP contribution < -0.4 is 4.74 Å². The van der Waals surface area contributed by atoms with Gasteiger partial charge in [0.15, 0.2) is 21.2 Å². The van der Waals surface area contributed by atoms with Gasteiger partial charge in [-0.25, -0.2) is 22.9 Å². The first-order chi connectivity index (χ1) is 16.3. The number of alkyl halides is 6. The van der Waals surface area contributed by atoms with Gasteiger partial charge in [0.2, 0.25) is 0 Å². The standard InChI is InChI=1S/C21H14F6N4O3S/c1-2-35(32,33)16-8-7-15(12-3-5-14(6-4-12)34-21(25,26)27)29-19(16)13-10-28-18-9-17(20(22,23)24)30-31(18)11-13/h3-11H,2H2,1H3. The molecule has 3 heterocycles. The minimum atomic E-state index is -4.87. The summed E-state index contributed by atoms with van der Waals surface area (Å²) in [6, 6.07) is 8.10. The van der Waals surface area contributed by atoms with Crippen LogP contribution in [0.3, 0.4) is 0 Å². The van der Waals surface area contributed by atoms with Gasteiger partial charge in [-0.3, -0.25) is 0 Å². The molecule has 0 saturated carbocycles. The van der Waals surface area contributed by atoms with Crippen molar-refractivity contribution in [1.82, 2.24) is 19.6 Å². The lowest BCUT2D eigenvalue weighted by atomic mass is 10.1. The van der Waals surface area contributed by atoms with E-state index in [1.807, 2.05) is 0 Å². The molecule has 0 fully saturated rings. The summed E-state index contributed by atoms with van der Waals surface area (Å²) in [5, 5.41) is 3.45. The number of ether oxygens (including phenoxy) is 1. The summed E-state index contributed by atoms with van der Waals surface area (Å²) in [4.78, 5) is 8.09. The Bertz CT molecular complexity index is 1500. The largest absolute Gasteiger partial charge is 0.573 e. The molecule has 0 aliphatic rings. The van der Waals surface area contributed by atoms with Gasteiger partial charge in [0.1, 0.15) is 5.75 Å². The maximum Gasteiger partial charge on any atom is 0.573 e. The van der Waals surface area contributed by atoms with Crippen LogP contribution in [0.15, 0.2) is 59.8 Å². The Morgan fingerprint density at radius 3 is 2.26 bits per heavy atom. The molecule has 0 bridgehead atoms. The second-order valence-corrected chi connectivity index (χ2v) is 9.44. The molecular weight excluding hydrogens is 502 g/mol. The van der Waals surface area contributed by atoms with Crippen molar-refractivity contribution in [2.75, 3.05) is 5.75 Å². The minimum absolute atomic E-state index is 0.0697. The average Bonchev–Trinajstić information content (AvgIpc) is 3.22. The fourth-order valence-corrected chi connectivity index (χ4v) is 4.23. The van der Waals surface area contributed by atoms with Crippen molar-refractivity contribution in [3.63, 3.8) is 0 Å². The van der Waals surface area contributed by atoms with E-state index in [-0.39, 0.29) is 33.2 Å². The molecule has 3 aromatic heterocycles. The van der Waals surface area contributed by atoms with Gasteiger partial charge in [0.05, 0.1) is 22.0 Å².